The molecule has 2 N–H and O–H groups in total. The van der Waals surface area contributed by atoms with Gasteiger partial charge in [0.15, 0.2) is 0 Å². The largest absolute Gasteiger partial charge is 0.355 e. The highest BCUT2D eigenvalue weighted by molar-refractivity contribution is 7.85. The lowest BCUT2D eigenvalue weighted by Gasteiger charge is -2.57. The first-order valence-electron chi connectivity index (χ1n) is 13.1. The van der Waals surface area contributed by atoms with Gasteiger partial charge in [-0.05, 0) is 60.7 Å². The number of amides is 1. The Morgan fingerprint density at radius 2 is 1.83 bits per heavy atom. The molecule has 4 rings (SSSR count). The number of rotatable bonds is 7. The molecule has 4 aliphatic rings. The lowest BCUT2D eigenvalue weighted by atomic mass is 9.45. The summed E-state index contributed by atoms with van der Waals surface area (Å²) in [7, 11) is -4.12. The van der Waals surface area contributed by atoms with Gasteiger partial charge >= 0.3 is 0 Å². The quantitative estimate of drug-likeness (QED) is 0.504. The van der Waals surface area contributed by atoms with Crippen LogP contribution in [-0.2, 0) is 29.3 Å². The molecule has 0 aromatic carbocycles. The van der Waals surface area contributed by atoms with Crippen molar-refractivity contribution in [2.75, 3.05) is 12.3 Å². The Hall–Kier alpha value is -1.61. The molecule has 0 saturated heterocycles. The Morgan fingerprint density at radius 1 is 1.11 bits per heavy atom. The zero-order chi connectivity index (χ0) is 25.8. The normalized spacial score (nSPS) is 40.0. The van der Waals surface area contributed by atoms with Gasteiger partial charge in [0.1, 0.15) is 17.3 Å². The molecule has 4 aliphatic carbocycles. The van der Waals surface area contributed by atoms with Gasteiger partial charge in [-0.15, -0.1) is 0 Å². The molecule has 8 atom stereocenters. The van der Waals surface area contributed by atoms with Crippen LogP contribution in [0.5, 0.6) is 0 Å². The van der Waals surface area contributed by atoms with E-state index in [2.05, 4.69) is 19.2 Å². The van der Waals surface area contributed by atoms with Crippen molar-refractivity contribution in [2.45, 2.75) is 78.6 Å². The van der Waals surface area contributed by atoms with Gasteiger partial charge in [-0.2, -0.15) is 8.42 Å². The summed E-state index contributed by atoms with van der Waals surface area (Å²) >= 11 is 0. The van der Waals surface area contributed by atoms with Crippen LogP contribution < -0.4 is 5.32 Å². The second kappa shape index (κ2) is 9.36. The van der Waals surface area contributed by atoms with Crippen molar-refractivity contribution in [1.29, 1.82) is 0 Å². The van der Waals surface area contributed by atoms with Crippen LogP contribution in [-0.4, -0.2) is 48.5 Å². The van der Waals surface area contributed by atoms with E-state index < -0.39 is 21.3 Å². The minimum absolute atomic E-state index is 0.0273. The number of Topliss-reactive ketones (excluding diaryl/α,β-unsaturated/α-hetero) is 3. The molecule has 196 valence electrons. The smallest absolute Gasteiger partial charge is 0.266 e. The van der Waals surface area contributed by atoms with E-state index in [1.54, 1.807) is 0 Å². The third kappa shape index (κ3) is 4.87. The van der Waals surface area contributed by atoms with E-state index in [4.69, 9.17) is 4.55 Å². The van der Waals surface area contributed by atoms with Crippen LogP contribution >= 0.6 is 0 Å². The summed E-state index contributed by atoms with van der Waals surface area (Å²) < 4.78 is 30.4. The molecule has 4 saturated carbocycles. The van der Waals surface area contributed by atoms with E-state index in [9.17, 15) is 27.6 Å². The third-order valence-electron chi connectivity index (χ3n) is 10.1. The second-order valence-electron chi connectivity index (χ2n) is 12.2. The molecule has 0 spiro atoms. The van der Waals surface area contributed by atoms with Gasteiger partial charge in [-0.3, -0.25) is 23.7 Å². The molecule has 0 heterocycles. The average Bonchev–Trinajstić information content (AvgIpc) is 3.09. The molecule has 35 heavy (non-hydrogen) atoms. The van der Waals surface area contributed by atoms with Gasteiger partial charge in [0.2, 0.25) is 5.91 Å². The van der Waals surface area contributed by atoms with Gasteiger partial charge in [0, 0.05) is 50.0 Å². The highest BCUT2D eigenvalue weighted by Crippen LogP contribution is 2.65. The topological polar surface area (TPSA) is 135 Å². The Bertz CT molecular complexity index is 1020. The molecule has 1 amide bonds. The van der Waals surface area contributed by atoms with E-state index in [0.717, 1.165) is 19.3 Å². The van der Waals surface area contributed by atoms with E-state index in [0.29, 0.717) is 32.1 Å². The Morgan fingerprint density at radius 3 is 2.51 bits per heavy atom. The van der Waals surface area contributed by atoms with Crippen molar-refractivity contribution >= 4 is 33.4 Å². The van der Waals surface area contributed by atoms with Crippen LogP contribution in [0.3, 0.4) is 0 Å². The summed E-state index contributed by atoms with van der Waals surface area (Å²) in [5, 5.41) is 2.52. The predicted octanol–water partition coefficient (Wildman–Crippen LogP) is 2.99. The van der Waals surface area contributed by atoms with Gasteiger partial charge in [-0.1, -0.05) is 20.8 Å². The van der Waals surface area contributed by atoms with Crippen LogP contribution in [0.2, 0.25) is 0 Å². The fraction of sp³-hybridized carbons (Fsp3) is 0.846. The standard InChI is InChI=1S/C26H39NO7S/c1-15(4-9-23(31)27-10-11-35(32,33)34)18-7-8-20-24-17(12-22(30)26(18,20)3)19-6-5-16(28)13-25(19,2)14-21(24)29/h15,17-20,24H,4-14H2,1-3H3,(H,27,31)(H,32,33,34). The summed E-state index contributed by atoms with van der Waals surface area (Å²) in [6.07, 6.45) is 5.14. The molecule has 8 nitrogen and oxygen atoms in total. The molecule has 0 bridgehead atoms. The molecular weight excluding hydrogens is 470 g/mol. The zero-order valence-electron chi connectivity index (χ0n) is 21.0. The van der Waals surface area contributed by atoms with Crippen LogP contribution in [0.4, 0.5) is 0 Å². The van der Waals surface area contributed by atoms with Gasteiger partial charge in [-0.25, -0.2) is 0 Å². The van der Waals surface area contributed by atoms with Gasteiger partial charge in [0.05, 0.1) is 5.75 Å². The maximum absolute atomic E-state index is 13.8. The number of ketones is 3. The van der Waals surface area contributed by atoms with Crippen molar-refractivity contribution in [3.05, 3.63) is 0 Å². The molecular formula is C26H39NO7S. The first-order valence-corrected chi connectivity index (χ1v) is 14.7. The fourth-order valence-corrected chi connectivity index (χ4v) is 8.89. The fourth-order valence-electron chi connectivity index (χ4n) is 8.53. The number of hydrogen-bond donors (Lipinski definition) is 2. The van der Waals surface area contributed by atoms with Gasteiger partial charge < -0.3 is 5.32 Å². The van der Waals surface area contributed by atoms with Crippen LogP contribution in [0, 0.1) is 46.3 Å². The number of hydrogen-bond acceptors (Lipinski definition) is 6. The van der Waals surface area contributed by atoms with E-state index >= 15 is 0 Å². The Balaban J connectivity index is 1.44. The molecule has 4 fully saturated rings. The van der Waals surface area contributed by atoms with Crippen molar-refractivity contribution in [2.24, 2.45) is 46.3 Å². The first kappa shape index (κ1) is 26.5. The van der Waals surface area contributed by atoms with E-state index in [-0.39, 0.29) is 77.1 Å². The highest BCUT2D eigenvalue weighted by atomic mass is 32.2. The van der Waals surface area contributed by atoms with Gasteiger partial charge in [0.25, 0.3) is 10.1 Å². The van der Waals surface area contributed by atoms with E-state index in [1.807, 2.05) is 6.92 Å². The lowest BCUT2D eigenvalue weighted by molar-refractivity contribution is -0.163. The Kier molecular flexibility index (Phi) is 7.07. The maximum Gasteiger partial charge on any atom is 0.266 e. The summed E-state index contributed by atoms with van der Waals surface area (Å²) in [5.74, 6) is 0.336. The van der Waals surface area contributed by atoms with Crippen LogP contribution in [0.15, 0.2) is 0 Å². The SMILES string of the molecule is CC(CCC(=O)NCCS(=O)(=O)O)C1CCC2C3C(=O)CC4(C)CC(=O)CCC4C3CC(=O)C12C. The summed E-state index contributed by atoms with van der Waals surface area (Å²) in [4.78, 5) is 51.6. The van der Waals surface area contributed by atoms with Crippen LogP contribution in [0.1, 0.15) is 78.6 Å². The van der Waals surface area contributed by atoms with Crippen molar-refractivity contribution in [3.63, 3.8) is 0 Å². The Labute approximate surface area is 208 Å². The number of nitrogens with one attached hydrogen (secondary N) is 1. The molecule has 0 aliphatic heterocycles. The predicted molar refractivity (Wildman–Crippen MR) is 129 cm³/mol. The second-order valence-corrected chi connectivity index (χ2v) is 13.8. The number of fused-ring (bicyclic) bond motifs is 5. The minimum Gasteiger partial charge on any atom is -0.355 e. The van der Waals surface area contributed by atoms with Crippen molar-refractivity contribution in [1.82, 2.24) is 5.32 Å². The van der Waals surface area contributed by atoms with E-state index in [1.165, 1.54) is 0 Å². The van der Waals surface area contributed by atoms with Crippen molar-refractivity contribution in [3.8, 4) is 0 Å². The highest BCUT2D eigenvalue weighted by Gasteiger charge is 2.65. The monoisotopic (exact) mass is 509 g/mol. The molecule has 8 unspecified atom stereocenters. The zero-order valence-corrected chi connectivity index (χ0v) is 21.9. The number of carbonyl (C=O) groups is 4. The molecule has 0 aromatic rings. The molecule has 9 heteroatoms. The third-order valence-corrected chi connectivity index (χ3v) is 10.9. The summed E-state index contributed by atoms with van der Waals surface area (Å²) in [5.41, 5.74) is -0.883. The summed E-state index contributed by atoms with van der Waals surface area (Å²) in [6.45, 7) is 6.05. The summed E-state index contributed by atoms with van der Waals surface area (Å²) in [6, 6.07) is 0. The van der Waals surface area contributed by atoms with Crippen molar-refractivity contribution < 1.29 is 32.1 Å². The average molecular weight is 510 g/mol. The van der Waals surface area contributed by atoms with Crippen LogP contribution in [0.25, 0.3) is 0 Å². The lowest BCUT2D eigenvalue weighted by Crippen LogP contribution is -2.59. The first-order chi connectivity index (χ1) is 16.3. The molecule has 0 radical (unpaired) electrons. The molecule has 0 aromatic heterocycles. The number of carbonyl (C=O) groups excluding carboxylic acids is 4. The maximum atomic E-state index is 13.8. The minimum atomic E-state index is -4.12.